The molecule has 1 aromatic heterocycles. The molecule has 1 heterocycles. The number of nitrogens with two attached hydrogens (primary N) is 1. The van der Waals surface area contributed by atoms with Crippen LogP contribution in [0.15, 0.2) is 9.85 Å². The summed E-state index contributed by atoms with van der Waals surface area (Å²) in [5.74, 6) is -0.0123. The Kier molecular flexibility index (Phi) is 2.64. The summed E-state index contributed by atoms with van der Waals surface area (Å²) in [5, 5.41) is 2.89. The van der Waals surface area contributed by atoms with Gasteiger partial charge in [0.25, 0.3) is 5.91 Å². The molecule has 0 bridgehead atoms. The van der Waals surface area contributed by atoms with E-state index in [1.165, 1.54) is 11.3 Å². The van der Waals surface area contributed by atoms with Crippen molar-refractivity contribution in [3.63, 3.8) is 0 Å². The molecule has 0 radical (unpaired) electrons. The molecule has 3 nitrogen and oxygen atoms in total. The lowest BCUT2D eigenvalue weighted by atomic mass is 10.3. The zero-order valence-corrected chi connectivity index (χ0v) is 10.1. The molecule has 0 saturated heterocycles. The summed E-state index contributed by atoms with van der Waals surface area (Å²) in [6.07, 6.45) is 0.900. The third-order valence-corrected chi connectivity index (χ3v) is 4.37. The van der Waals surface area contributed by atoms with E-state index >= 15 is 0 Å². The van der Waals surface area contributed by atoms with Crippen LogP contribution in [0.3, 0.4) is 0 Å². The van der Waals surface area contributed by atoms with Crippen molar-refractivity contribution in [1.82, 2.24) is 5.32 Å². The van der Waals surface area contributed by atoms with Crippen LogP contribution in [0.5, 0.6) is 0 Å². The highest BCUT2D eigenvalue weighted by Gasteiger charge is 2.35. The zero-order valence-electron chi connectivity index (χ0n) is 7.71. The Hall–Kier alpha value is -0.390. The van der Waals surface area contributed by atoms with Gasteiger partial charge < -0.3 is 11.1 Å². The van der Waals surface area contributed by atoms with Crippen LogP contribution in [-0.4, -0.2) is 18.0 Å². The van der Waals surface area contributed by atoms with Gasteiger partial charge in [-0.05, 0) is 40.9 Å². The fraction of sp³-hybridized carbons (Fsp3) is 0.444. The summed E-state index contributed by atoms with van der Waals surface area (Å²) < 4.78 is 1.02. The molecular weight excluding hydrogens is 264 g/mol. The Labute approximate surface area is 94.8 Å². The zero-order chi connectivity index (χ0) is 10.3. The average Bonchev–Trinajstić information content (AvgIpc) is 2.68. The molecular formula is C9H11BrN2OS. The van der Waals surface area contributed by atoms with Gasteiger partial charge in [-0.1, -0.05) is 0 Å². The molecule has 76 valence electrons. The fourth-order valence-corrected chi connectivity index (χ4v) is 2.63. The van der Waals surface area contributed by atoms with E-state index < -0.39 is 0 Å². The molecule has 2 rings (SSSR count). The Morgan fingerprint density at radius 1 is 1.79 bits per heavy atom. The predicted molar refractivity (Wildman–Crippen MR) is 60.6 cm³/mol. The fourth-order valence-electron chi connectivity index (χ4n) is 1.19. The van der Waals surface area contributed by atoms with Crippen molar-refractivity contribution >= 4 is 33.2 Å². The molecule has 0 aromatic carbocycles. The van der Waals surface area contributed by atoms with Crippen LogP contribution in [0.25, 0.3) is 0 Å². The first-order valence-corrected chi connectivity index (χ1v) is 6.01. The normalized spacial score (nSPS) is 24.8. The van der Waals surface area contributed by atoms with E-state index in [9.17, 15) is 4.79 Å². The summed E-state index contributed by atoms with van der Waals surface area (Å²) in [6, 6.07) is 2.23. The third-order valence-electron chi connectivity index (χ3n) is 2.24. The summed E-state index contributed by atoms with van der Waals surface area (Å²) in [4.78, 5) is 12.4. The summed E-state index contributed by atoms with van der Waals surface area (Å²) in [7, 11) is 0. The topological polar surface area (TPSA) is 55.1 Å². The van der Waals surface area contributed by atoms with E-state index in [0.717, 1.165) is 20.6 Å². The molecule has 1 aliphatic carbocycles. The number of hydrogen-bond acceptors (Lipinski definition) is 3. The molecule has 5 heteroatoms. The second-order valence-electron chi connectivity index (χ2n) is 3.55. The monoisotopic (exact) mass is 274 g/mol. The quantitative estimate of drug-likeness (QED) is 0.862. The van der Waals surface area contributed by atoms with Crippen LogP contribution in [-0.2, 0) is 0 Å². The molecule has 1 fully saturated rings. The van der Waals surface area contributed by atoms with Crippen LogP contribution in [0.1, 0.15) is 21.7 Å². The van der Waals surface area contributed by atoms with E-state index in [1.54, 1.807) is 0 Å². The van der Waals surface area contributed by atoms with Gasteiger partial charge in [0.05, 0.1) is 8.66 Å². The van der Waals surface area contributed by atoms with E-state index in [-0.39, 0.29) is 18.0 Å². The maximum absolute atomic E-state index is 11.6. The molecule has 2 atom stereocenters. The van der Waals surface area contributed by atoms with Crippen molar-refractivity contribution in [2.45, 2.75) is 25.4 Å². The highest BCUT2D eigenvalue weighted by atomic mass is 79.9. The number of aryl methyl sites for hydroxylation is 1. The second-order valence-corrected chi connectivity index (χ2v) is 5.92. The Bertz CT molecular complexity index is 357. The number of carbonyl (C=O) groups excluding carboxylic acids is 1. The second kappa shape index (κ2) is 3.64. The van der Waals surface area contributed by atoms with Gasteiger partial charge in [0.1, 0.15) is 0 Å². The largest absolute Gasteiger partial charge is 0.347 e. The maximum atomic E-state index is 11.6. The first-order chi connectivity index (χ1) is 6.58. The van der Waals surface area contributed by atoms with Crippen molar-refractivity contribution < 1.29 is 4.79 Å². The van der Waals surface area contributed by atoms with Crippen LogP contribution in [0.2, 0.25) is 0 Å². The molecule has 3 N–H and O–H groups in total. The SMILES string of the molecule is Cc1cc(C(=O)NC2CC2N)sc1Br. The van der Waals surface area contributed by atoms with Gasteiger partial charge in [0, 0.05) is 12.1 Å². The third kappa shape index (κ3) is 1.99. The minimum absolute atomic E-state index is 0.0123. The Morgan fingerprint density at radius 2 is 2.43 bits per heavy atom. The van der Waals surface area contributed by atoms with Crippen LogP contribution in [0, 0.1) is 6.92 Å². The number of halogens is 1. The summed E-state index contributed by atoms with van der Waals surface area (Å²) in [5.41, 5.74) is 6.70. The lowest BCUT2D eigenvalue weighted by molar-refractivity contribution is 0.0954. The summed E-state index contributed by atoms with van der Waals surface area (Å²) >= 11 is 4.85. The van der Waals surface area contributed by atoms with E-state index in [2.05, 4.69) is 21.2 Å². The van der Waals surface area contributed by atoms with E-state index in [0.29, 0.717) is 0 Å². The molecule has 2 unspecified atom stereocenters. The number of nitrogens with one attached hydrogen (secondary N) is 1. The number of amides is 1. The van der Waals surface area contributed by atoms with Gasteiger partial charge in [-0.25, -0.2) is 0 Å². The lowest BCUT2D eigenvalue weighted by Crippen LogP contribution is -2.28. The minimum atomic E-state index is -0.0123. The van der Waals surface area contributed by atoms with Gasteiger partial charge >= 0.3 is 0 Å². The molecule has 1 aliphatic rings. The van der Waals surface area contributed by atoms with Crippen molar-refractivity contribution in [3.05, 3.63) is 20.3 Å². The average molecular weight is 275 g/mol. The van der Waals surface area contributed by atoms with Gasteiger partial charge in [0.15, 0.2) is 0 Å². The van der Waals surface area contributed by atoms with Crippen molar-refractivity contribution in [3.8, 4) is 0 Å². The number of rotatable bonds is 2. The highest BCUT2D eigenvalue weighted by Crippen LogP contribution is 2.28. The minimum Gasteiger partial charge on any atom is -0.347 e. The molecule has 14 heavy (non-hydrogen) atoms. The van der Waals surface area contributed by atoms with Crippen molar-refractivity contribution in [1.29, 1.82) is 0 Å². The molecule has 1 aromatic rings. The van der Waals surface area contributed by atoms with Gasteiger partial charge in [0.2, 0.25) is 0 Å². The van der Waals surface area contributed by atoms with Crippen LogP contribution >= 0.6 is 27.3 Å². The van der Waals surface area contributed by atoms with E-state index in [4.69, 9.17) is 5.73 Å². The van der Waals surface area contributed by atoms with Crippen molar-refractivity contribution in [2.75, 3.05) is 0 Å². The predicted octanol–water partition coefficient (Wildman–Crippen LogP) is 1.65. The number of carbonyl (C=O) groups is 1. The van der Waals surface area contributed by atoms with Gasteiger partial charge in [-0.15, -0.1) is 11.3 Å². The Morgan fingerprint density at radius 3 is 2.86 bits per heavy atom. The summed E-state index contributed by atoms with van der Waals surface area (Å²) in [6.45, 7) is 1.97. The Balaban J connectivity index is 2.04. The van der Waals surface area contributed by atoms with Gasteiger partial charge in [-0.2, -0.15) is 0 Å². The maximum Gasteiger partial charge on any atom is 0.261 e. The highest BCUT2D eigenvalue weighted by molar-refractivity contribution is 9.11. The molecule has 0 aliphatic heterocycles. The van der Waals surface area contributed by atoms with Gasteiger partial charge in [-0.3, -0.25) is 4.79 Å². The van der Waals surface area contributed by atoms with Crippen LogP contribution < -0.4 is 11.1 Å². The number of hydrogen-bond donors (Lipinski definition) is 2. The molecule has 1 saturated carbocycles. The first kappa shape index (κ1) is 10.1. The van der Waals surface area contributed by atoms with Crippen LogP contribution in [0.4, 0.5) is 0 Å². The number of thiophene rings is 1. The smallest absolute Gasteiger partial charge is 0.261 e. The van der Waals surface area contributed by atoms with Crippen molar-refractivity contribution in [2.24, 2.45) is 5.73 Å². The standard InChI is InChI=1S/C9H11BrN2OS/c1-4-2-7(14-8(4)10)9(13)12-6-3-5(6)11/h2,5-6H,3,11H2,1H3,(H,12,13). The first-order valence-electron chi connectivity index (χ1n) is 4.40. The lowest BCUT2D eigenvalue weighted by Gasteiger charge is -1.99. The van der Waals surface area contributed by atoms with E-state index in [1.807, 2.05) is 13.0 Å². The molecule has 1 amide bonds. The molecule has 0 spiro atoms.